The van der Waals surface area contributed by atoms with Crippen molar-refractivity contribution < 1.29 is 9.53 Å². The van der Waals surface area contributed by atoms with Crippen LogP contribution in [0.15, 0.2) is 11.6 Å². The molecule has 0 aromatic carbocycles. The largest absolute Gasteiger partial charge is 0.457 e. The Balaban J connectivity index is 4.24. The van der Waals surface area contributed by atoms with Crippen LogP contribution in [0.4, 0.5) is 0 Å². The van der Waals surface area contributed by atoms with Gasteiger partial charge in [0.05, 0.1) is 6.42 Å². The van der Waals surface area contributed by atoms with E-state index in [2.05, 4.69) is 26.7 Å². The number of ether oxygens (including phenoxy) is 1. The van der Waals surface area contributed by atoms with Crippen LogP contribution >= 0.6 is 15.9 Å². The molecule has 0 aliphatic carbocycles. The van der Waals surface area contributed by atoms with Crippen molar-refractivity contribution in [2.24, 2.45) is 0 Å². The average Bonchev–Trinajstić information content (AvgIpc) is 1.98. The van der Waals surface area contributed by atoms with Crippen LogP contribution in [0.3, 0.4) is 0 Å². The van der Waals surface area contributed by atoms with Crippen molar-refractivity contribution in [2.75, 3.05) is 0 Å². The summed E-state index contributed by atoms with van der Waals surface area (Å²) in [5, 5.41) is 0. The fourth-order valence-corrected chi connectivity index (χ4v) is 1.02. The Morgan fingerprint density at radius 1 is 1.54 bits per heavy atom. The third kappa shape index (κ3) is 7.61. The smallest absolute Gasteiger partial charge is 0.303 e. The van der Waals surface area contributed by atoms with E-state index < -0.39 is 0 Å². The fraction of sp³-hybridized carbons (Fsp3) is 0.500. The molecule has 0 radical (unpaired) electrons. The van der Waals surface area contributed by atoms with Crippen LogP contribution in [0.25, 0.3) is 0 Å². The van der Waals surface area contributed by atoms with Gasteiger partial charge in [-0.1, -0.05) is 11.5 Å². The first-order valence-corrected chi connectivity index (χ1v) is 4.76. The summed E-state index contributed by atoms with van der Waals surface area (Å²) >= 11 is 2.99. The van der Waals surface area contributed by atoms with Gasteiger partial charge in [0, 0.05) is 22.9 Å². The van der Waals surface area contributed by atoms with Gasteiger partial charge in [0.15, 0.2) is 0 Å². The molecule has 72 valence electrons. The Bertz CT molecular complexity index is 254. The summed E-state index contributed by atoms with van der Waals surface area (Å²) in [4.78, 5) is 13.3. The highest BCUT2D eigenvalue weighted by Crippen LogP contribution is 2.04. The topological polar surface area (TPSA) is 26.3 Å². The molecule has 0 aromatic heterocycles. The Hall–Kier alpha value is -0.750. The van der Waals surface area contributed by atoms with E-state index in [1.807, 2.05) is 19.9 Å². The second-order valence-corrected chi connectivity index (χ2v) is 3.26. The minimum Gasteiger partial charge on any atom is -0.457 e. The van der Waals surface area contributed by atoms with Crippen LogP contribution in [0.2, 0.25) is 0 Å². The molecule has 0 aliphatic heterocycles. The lowest BCUT2D eigenvalue weighted by atomic mass is 10.2. The van der Waals surface area contributed by atoms with Gasteiger partial charge in [-0.05, 0) is 24.8 Å². The number of esters is 1. The SMILES string of the molecule is CC(=O)OC(C=C(C)C)CC#CBr. The Labute approximate surface area is 87.5 Å². The van der Waals surface area contributed by atoms with E-state index in [-0.39, 0.29) is 12.1 Å². The molecule has 0 saturated carbocycles. The van der Waals surface area contributed by atoms with Crippen molar-refractivity contribution >= 4 is 21.9 Å². The van der Waals surface area contributed by atoms with Crippen LogP contribution < -0.4 is 0 Å². The molecule has 0 aromatic rings. The van der Waals surface area contributed by atoms with Gasteiger partial charge in [0.2, 0.25) is 0 Å². The highest BCUT2D eigenvalue weighted by molar-refractivity contribution is 9.12. The number of allylic oxidation sites excluding steroid dienone is 1. The molecule has 13 heavy (non-hydrogen) atoms. The summed E-state index contributed by atoms with van der Waals surface area (Å²) in [6, 6.07) is 0. The van der Waals surface area contributed by atoms with Gasteiger partial charge in [0.25, 0.3) is 0 Å². The predicted molar refractivity (Wildman–Crippen MR) is 56.3 cm³/mol. The fourth-order valence-electron chi connectivity index (χ4n) is 0.859. The average molecular weight is 245 g/mol. The first kappa shape index (κ1) is 12.2. The Morgan fingerprint density at radius 2 is 2.15 bits per heavy atom. The molecule has 2 nitrogen and oxygen atoms in total. The zero-order valence-corrected chi connectivity index (χ0v) is 9.64. The van der Waals surface area contributed by atoms with Crippen molar-refractivity contribution in [3.05, 3.63) is 11.6 Å². The van der Waals surface area contributed by atoms with Crippen LogP contribution in [-0.4, -0.2) is 12.1 Å². The van der Waals surface area contributed by atoms with Crippen molar-refractivity contribution in [3.63, 3.8) is 0 Å². The molecule has 0 heterocycles. The van der Waals surface area contributed by atoms with Gasteiger partial charge >= 0.3 is 5.97 Å². The molecule has 0 rings (SSSR count). The minimum atomic E-state index is -0.279. The number of carbonyl (C=O) groups is 1. The summed E-state index contributed by atoms with van der Waals surface area (Å²) in [6.07, 6.45) is 2.18. The van der Waals surface area contributed by atoms with Crippen molar-refractivity contribution in [3.8, 4) is 10.8 Å². The Morgan fingerprint density at radius 3 is 2.54 bits per heavy atom. The minimum absolute atomic E-state index is 0.229. The van der Waals surface area contributed by atoms with E-state index in [1.54, 1.807) is 0 Å². The van der Waals surface area contributed by atoms with Crippen LogP contribution in [0, 0.1) is 10.8 Å². The maximum atomic E-state index is 10.7. The number of hydrogen-bond donors (Lipinski definition) is 0. The van der Waals surface area contributed by atoms with E-state index in [1.165, 1.54) is 6.92 Å². The highest BCUT2D eigenvalue weighted by atomic mass is 79.9. The molecule has 0 aliphatic rings. The third-order valence-corrected chi connectivity index (χ3v) is 1.49. The van der Waals surface area contributed by atoms with Gasteiger partial charge in [-0.3, -0.25) is 4.79 Å². The van der Waals surface area contributed by atoms with Gasteiger partial charge in [-0.2, -0.15) is 0 Å². The van der Waals surface area contributed by atoms with Crippen molar-refractivity contribution in [2.45, 2.75) is 33.3 Å². The molecular weight excluding hydrogens is 232 g/mol. The molecule has 0 fully saturated rings. The lowest BCUT2D eigenvalue weighted by Gasteiger charge is -2.10. The maximum Gasteiger partial charge on any atom is 0.303 e. The van der Waals surface area contributed by atoms with Crippen molar-refractivity contribution in [1.29, 1.82) is 0 Å². The van der Waals surface area contributed by atoms with Gasteiger partial charge in [-0.15, -0.1) is 0 Å². The molecular formula is C10H13BrO2. The quantitative estimate of drug-likeness (QED) is 0.434. The number of hydrogen-bond acceptors (Lipinski definition) is 2. The standard InChI is InChI=1S/C10H13BrO2/c1-8(2)7-10(5-4-6-11)13-9(3)12/h7,10H,5H2,1-3H3. The lowest BCUT2D eigenvalue weighted by molar-refractivity contribution is -0.143. The molecule has 3 heteroatoms. The predicted octanol–water partition coefficient (Wildman–Crippen LogP) is 2.63. The molecule has 1 atom stereocenters. The van der Waals surface area contributed by atoms with E-state index in [4.69, 9.17) is 4.74 Å². The van der Waals surface area contributed by atoms with Gasteiger partial charge in [-0.25, -0.2) is 0 Å². The van der Waals surface area contributed by atoms with E-state index in [0.717, 1.165) is 5.57 Å². The maximum absolute atomic E-state index is 10.7. The number of halogens is 1. The van der Waals surface area contributed by atoms with Gasteiger partial charge < -0.3 is 4.74 Å². The van der Waals surface area contributed by atoms with Crippen molar-refractivity contribution in [1.82, 2.24) is 0 Å². The Kier molecular flexibility index (Phi) is 6.34. The normalized spacial score (nSPS) is 10.8. The van der Waals surface area contributed by atoms with Crippen LogP contribution in [-0.2, 0) is 9.53 Å². The van der Waals surface area contributed by atoms with E-state index in [9.17, 15) is 4.79 Å². The monoisotopic (exact) mass is 244 g/mol. The molecule has 0 saturated heterocycles. The third-order valence-electron chi connectivity index (χ3n) is 1.21. The second kappa shape index (κ2) is 6.73. The van der Waals surface area contributed by atoms with Crippen LogP contribution in [0.5, 0.6) is 0 Å². The summed E-state index contributed by atoms with van der Waals surface area (Å²) in [7, 11) is 0. The molecule has 0 bridgehead atoms. The molecule has 0 N–H and O–H groups in total. The van der Waals surface area contributed by atoms with E-state index in [0.29, 0.717) is 6.42 Å². The first-order chi connectivity index (χ1) is 6.06. The molecule has 1 unspecified atom stereocenters. The lowest BCUT2D eigenvalue weighted by Crippen LogP contribution is -2.13. The number of rotatable bonds is 3. The summed E-state index contributed by atoms with van der Waals surface area (Å²) in [5.41, 5.74) is 1.11. The first-order valence-electron chi connectivity index (χ1n) is 3.97. The zero-order chi connectivity index (χ0) is 10.3. The molecule has 0 amide bonds. The highest BCUT2D eigenvalue weighted by Gasteiger charge is 2.06. The second-order valence-electron chi connectivity index (χ2n) is 2.87. The summed E-state index contributed by atoms with van der Waals surface area (Å²) in [5.74, 6) is 2.53. The summed E-state index contributed by atoms with van der Waals surface area (Å²) in [6.45, 7) is 5.31. The zero-order valence-electron chi connectivity index (χ0n) is 8.06. The van der Waals surface area contributed by atoms with Crippen LogP contribution in [0.1, 0.15) is 27.2 Å². The number of carbonyl (C=O) groups excluding carboxylic acids is 1. The molecule has 0 spiro atoms. The van der Waals surface area contributed by atoms with Gasteiger partial charge in [0.1, 0.15) is 6.10 Å². The summed E-state index contributed by atoms with van der Waals surface area (Å²) < 4.78 is 5.02. The van der Waals surface area contributed by atoms with E-state index >= 15 is 0 Å².